The van der Waals surface area contributed by atoms with Gasteiger partial charge in [0.15, 0.2) is 11.6 Å². The Hall–Kier alpha value is -1.65. The lowest BCUT2D eigenvalue weighted by Gasteiger charge is -2.18. The summed E-state index contributed by atoms with van der Waals surface area (Å²) in [5, 5.41) is 9.56. The summed E-state index contributed by atoms with van der Waals surface area (Å²) in [5.74, 6) is -0.380. The molecule has 1 aromatic carbocycles. The van der Waals surface area contributed by atoms with Gasteiger partial charge in [0, 0.05) is 5.56 Å². The second kappa shape index (κ2) is 9.38. The van der Waals surface area contributed by atoms with Gasteiger partial charge in [-0.05, 0) is 63.5 Å². The van der Waals surface area contributed by atoms with Crippen molar-refractivity contribution >= 4 is 5.78 Å². The van der Waals surface area contributed by atoms with Gasteiger partial charge in [-0.15, -0.1) is 0 Å². The molecule has 0 radical (unpaired) electrons. The zero-order chi connectivity index (χ0) is 16.4. The molecule has 22 heavy (non-hydrogen) atoms. The van der Waals surface area contributed by atoms with Crippen molar-refractivity contribution in [1.29, 1.82) is 0 Å². The first-order valence-corrected chi connectivity index (χ1v) is 7.68. The third kappa shape index (κ3) is 7.38. The molecule has 4 nitrogen and oxygen atoms in total. The van der Waals surface area contributed by atoms with Gasteiger partial charge in [0.25, 0.3) is 0 Å². The average molecular weight is 306 g/mol. The van der Waals surface area contributed by atoms with Crippen LogP contribution in [0.25, 0.3) is 0 Å². The van der Waals surface area contributed by atoms with E-state index in [0.29, 0.717) is 18.8 Å². The highest BCUT2D eigenvalue weighted by Gasteiger charge is 2.14. The van der Waals surface area contributed by atoms with Gasteiger partial charge >= 0.3 is 0 Å². The summed E-state index contributed by atoms with van der Waals surface area (Å²) in [4.78, 5) is 11.2. The van der Waals surface area contributed by atoms with E-state index < -0.39 is 5.79 Å². The molecule has 4 heteroatoms. The van der Waals surface area contributed by atoms with Gasteiger partial charge in [-0.25, -0.2) is 0 Å². The molecule has 0 heterocycles. The quantitative estimate of drug-likeness (QED) is 0.293. The third-order valence-corrected chi connectivity index (χ3v) is 3.34. The number of unbranched alkanes of at least 4 members (excludes halogenated alkanes) is 3. The van der Waals surface area contributed by atoms with Gasteiger partial charge in [0.1, 0.15) is 5.75 Å². The van der Waals surface area contributed by atoms with Crippen LogP contribution >= 0.6 is 0 Å². The van der Waals surface area contributed by atoms with E-state index in [1.165, 1.54) is 6.08 Å². The van der Waals surface area contributed by atoms with E-state index in [0.717, 1.165) is 31.4 Å². The standard InChI is InChI=1S/C18H26O4/c1-4-18(3,20)22-14-8-6-5-7-13-21-17-11-9-16(10-12-17)15(2)19/h4,9-12,20H,1,5-8,13-14H2,2-3H3. The van der Waals surface area contributed by atoms with Crippen LogP contribution in [-0.2, 0) is 4.74 Å². The fourth-order valence-electron chi connectivity index (χ4n) is 1.87. The van der Waals surface area contributed by atoms with Gasteiger partial charge < -0.3 is 14.6 Å². The molecular formula is C18H26O4. The number of carbonyl (C=O) groups is 1. The number of ketones is 1. The number of ether oxygens (including phenoxy) is 2. The molecule has 1 aromatic rings. The highest BCUT2D eigenvalue weighted by molar-refractivity contribution is 5.94. The first-order chi connectivity index (χ1) is 10.4. The van der Waals surface area contributed by atoms with Crippen LogP contribution in [0.1, 0.15) is 49.9 Å². The Morgan fingerprint density at radius 3 is 2.32 bits per heavy atom. The van der Waals surface area contributed by atoms with Crippen molar-refractivity contribution in [3.8, 4) is 5.75 Å². The number of benzene rings is 1. The van der Waals surface area contributed by atoms with Crippen molar-refractivity contribution in [3.63, 3.8) is 0 Å². The smallest absolute Gasteiger partial charge is 0.182 e. The molecule has 122 valence electrons. The maximum absolute atomic E-state index is 11.2. The molecule has 0 fully saturated rings. The topological polar surface area (TPSA) is 55.8 Å². The molecule has 1 N–H and O–H groups in total. The molecule has 1 rings (SSSR count). The monoisotopic (exact) mass is 306 g/mol. The molecule has 0 aliphatic heterocycles. The van der Waals surface area contributed by atoms with E-state index in [1.54, 1.807) is 26.0 Å². The number of aliphatic hydroxyl groups is 1. The van der Waals surface area contributed by atoms with Crippen LogP contribution in [0.15, 0.2) is 36.9 Å². The van der Waals surface area contributed by atoms with E-state index in [9.17, 15) is 9.90 Å². The molecule has 0 saturated heterocycles. The summed E-state index contributed by atoms with van der Waals surface area (Å²) >= 11 is 0. The number of carbonyl (C=O) groups excluding carboxylic acids is 1. The zero-order valence-corrected chi connectivity index (χ0v) is 13.5. The van der Waals surface area contributed by atoms with E-state index in [4.69, 9.17) is 9.47 Å². The van der Waals surface area contributed by atoms with E-state index in [-0.39, 0.29) is 5.78 Å². The van der Waals surface area contributed by atoms with Gasteiger partial charge in [-0.3, -0.25) is 4.79 Å². The molecule has 0 spiro atoms. The van der Waals surface area contributed by atoms with E-state index in [1.807, 2.05) is 12.1 Å². The lowest BCUT2D eigenvalue weighted by molar-refractivity contribution is -0.153. The van der Waals surface area contributed by atoms with Crippen molar-refractivity contribution in [1.82, 2.24) is 0 Å². The second-order valence-electron chi connectivity index (χ2n) is 5.45. The van der Waals surface area contributed by atoms with Crippen LogP contribution < -0.4 is 4.74 Å². The predicted molar refractivity (Wildman–Crippen MR) is 87.2 cm³/mol. The van der Waals surface area contributed by atoms with Crippen molar-refractivity contribution in [2.75, 3.05) is 13.2 Å². The molecule has 0 saturated carbocycles. The minimum Gasteiger partial charge on any atom is -0.494 e. The van der Waals surface area contributed by atoms with Crippen LogP contribution in [0.3, 0.4) is 0 Å². The molecule has 1 atom stereocenters. The van der Waals surface area contributed by atoms with Crippen LogP contribution in [0, 0.1) is 0 Å². The van der Waals surface area contributed by atoms with Crippen molar-refractivity contribution in [2.45, 2.75) is 45.3 Å². The summed E-state index contributed by atoms with van der Waals surface area (Å²) < 4.78 is 10.9. The Morgan fingerprint density at radius 1 is 1.18 bits per heavy atom. The Bertz CT molecular complexity index is 462. The van der Waals surface area contributed by atoms with Crippen molar-refractivity contribution < 1.29 is 19.4 Å². The van der Waals surface area contributed by atoms with Gasteiger partial charge in [0.2, 0.25) is 0 Å². The first kappa shape index (κ1) is 18.4. The Morgan fingerprint density at radius 2 is 1.77 bits per heavy atom. The number of Topliss-reactive ketones (excluding diaryl/α,β-unsaturated/α-hetero) is 1. The fraction of sp³-hybridized carbons (Fsp3) is 0.500. The summed E-state index contributed by atoms with van der Waals surface area (Å²) in [6.07, 6.45) is 5.33. The predicted octanol–water partition coefficient (Wildman–Crippen LogP) is 3.74. The van der Waals surface area contributed by atoms with Gasteiger partial charge in [-0.2, -0.15) is 0 Å². The zero-order valence-electron chi connectivity index (χ0n) is 13.5. The first-order valence-electron chi connectivity index (χ1n) is 7.68. The van der Waals surface area contributed by atoms with E-state index in [2.05, 4.69) is 6.58 Å². The van der Waals surface area contributed by atoms with Crippen LogP contribution in [0.4, 0.5) is 0 Å². The van der Waals surface area contributed by atoms with Gasteiger partial charge in [0.05, 0.1) is 13.2 Å². The Kier molecular flexibility index (Phi) is 7.85. The summed E-state index contributed by atoms with van der Waals surface area (Å²) in [5.41, 5.74) is 0.697. The Labute approximate surface area is 132 Å². The fourth-order valence-corrected chi connectivity index (χ4v) is 1.87. The molecular weight excluding hydrogens is 280 g/mol. The molecule has 0 amide bonds. The van der Waals surface area contributed by atoms with Crippen molar-refractivity contribution in [2.24, 2.45) is 0 Å². The summed E-state index contributed by atoms with van der Waals surface area (Å²) in [7, 11) is 0. The molecule has 0 bridgehead atoms. The van der Waals surface area contributed by atoms with Crippen LogP contribution in [0.5, 0.6) is 5.75 Å². The number of rotatable bonds is 11. The SMILES string of the molecule is C=CC(C)(O)OCCCCCCOc1ccc(C(C)=O)cc1. The molecule has 0 aliphatic carbocycles. The maximum atomic E-state index is 11.2. The highest BCUT2D eigenvalue weighted by atomic mass is 16.6. The number of hydrogen-bond donors (Lipinski definition) is 1. The average Bonchev–Trinajstić information content (AvgIpc) is 2.50. The second-order valence-corrected chi connectivity index (χ2v) is 5.45. The summed E-state index contributed by atoms with van der Waals surface area (Å²) in [6, 6.07) is 7.20. The minimum absolute atomic E-state index is 0.0594. The van der Waals surface area contributed by atoms with Crippen molar-refractivity contribution in [3.05, 3.63) is 42.5 Å². The lowest BCUT2D eigenvalue weighted by Crippen LogP contribution is -2.25. The molecule has 1 unspecified atom stereocenters. The van der Waals surface area contributed by atoms with Crippen LogP contribution in [0.2, 0.25) is 0 Å². The maximum Gasteiger partial charge on any atom is 0.182 e. The molecule has 0 aromatic heterocycles. The molecule has 0 aliphatic rings. The third-order valence-electron chi connectivity index (χ3n) is 3.34. The summed E-state index contributed by atoms with van der Waals surface area (Å²) in [6.45, 7) is 7.81. The lowest BCUT2D eigenvalue weighted by atomic mass is 10.1. The van der Waals surface area contributed by atoms with E-state index >= 15 is 0 Å². The highest BCUT2D eigenvalue weighted by Crippen LogP contribution is 2.13. The minimum atomic E-state index is -1.23. The van der Waals surface area contributed by atoms with Gasteiger partial charge in [-0.1, -0.05) is 13.0 Å². The Balaban J connectivity index is 2.06. The number of hydrogen-bond acceptors (Lipinski definition) is 4. The van der Waals surface area contributed by atoms with Crippen LogP contribution in [-0.4, -0.2) is 29.9 Å². The largest absolute Gasteiger partial charge is 0.494 e. The normalized spacial score (nSPS) is 13.4.